The van der Waals surface area contributed by atoms with Gasteiger partial charge in [0.15, 0.2) is 0 Å². The minimum atomic E-state index is 0.174. The summed E-state index contributed by atoms with van der Waals surface area (Å²) in [5.74, 6) is 0. The zero-order valence-corrected chi connectivity index (χ0v) is 28.1. The third kappa shape index (κ3) is 10.2. The highest BCUT2D eigenvalue weighted by Gasteiger charge is 2.42. The molecule has 2 aromatic carbocycles. The smallest absolute Gasteiger partial charge is 0.0215 e. The third-order valence-corrected chi connectivity index (χ3v) is 9.32. The van der Waals surface area contributed by atoms with Crippen molar-refractivity contribution in [3.05, 3.63) is 58.7 Å². The van der Waals surface area contributed by atoms with E-state index in [4.69, 9.17) is 0 Å². The first-order valence-electron chi connectivity index (χ1n) is 16.5. The van der Waals surface area contributed by atoms with Gasteiger partial charge in [-0.15, -0.1) is 0 Å². The second kappa shape index (κ2) is 16.8. The Bertz CT molecular complexity index is 960. The van der Waals surface area contributed by atoms with Crippen LogP contribution in [0.15, 0.2) is 36.4 Å². The van der Waals surface area contributed by atoms with Crippen molar-refractivity contribution in [2.24, 2.45) is 0 Å². The fraction of sp³-hybridized carbons (Fsp3) is 0.676. The molecule has 0 saturated carbocycles. The topological polar surface area (TPSA) is 13.0 Å². The molecular weight excluding hydrogens is 500 g/mol. The molecule has 1 aliphatic rings. The van der Waals surface area contributed by atoms with E-state index in [2.05, 4.69) is 112 Å². The van der Waals surface area contributed by atoms with E-state index in [1.165, 1.54) is 99.6 Å². The molecule has 4 heteroatoms. The molecule has 0 amide bonds. The Kier molecular flexibility index (Phi) is 13.8. The molecule has 0 spiro atoms. The van der Waals surface area contributed by atoms with Crippen LogP contribution in [0.4, 0.5) is 0 Å². The van der Waals surface area contributed by atoms with Crippen LogP contribution in [0.1, 0.15) is 86.5 Å². The molecule has 0 N–H and O–H groups in total. The van der Waals surface area contributed by atoms with Crippen LogP contribution in [0.3, 0.4) is 0 Å². The van der Waals surface area contributed by atoms with Crippen LogP contribution in [-0.4, -0.2) is 101 Å². The van der Waals surface area contributed by atoms with E-state index in [9.17, 15) is 0 Å². The highest BCUT2D eigenvalue weighted by molar-refractivity contribution is 5.81. The van der Waals surface area contributed by atoms with Crippen LogP contribution in [0.5, 0.6) is 0 Å². The van der Waals surface area contributed by atoms with Gasteiger partial charge in [-0.3, -0.25) is 0 Å². The number of fused-ring (bicyclic) bond motifs is 3. The van der Waals surface area contributed by atoms with Crippen molar-refractivity contribution in [2.75, 3.05) is 81.6 Å². The molecule has 0 radical (unpaired) electrons. The fourth-order valence-electron chi connectivity index (χ4n) is 6.68. The maximum absolute atomic E-state index is 2.53. The monoisotopic (exact) mass is 562 g/mol. The molecule has 4 nitrogen and oxygen atoms in total. The van der Waals surface area contributed by atoms with Crippen molar-refractivity contribution >= 4 is 0 Å². The number of nitrogens with zero attached hydrogens (tertiary/aromatic N) is 4. The van der Waals surface area contributed by atoms with Crippen molar-refractivity contribution in [1.29, 1.82) is 0 Å². The van der Waals surface area contributed by atoms with Crippen molar-refractivity contribution in [2.45, 2.75) is 83.5 Å². The summed E-state index contributed by atoms with van der Waals surface area (Å²) in [5, 5.41) is 0. The molecule has 0 bridgehead atoms. The van der Waals surface area contributed by atoms with E-state index in [0.29, 0.717) is 0 Å². The number of benzene rings is 2. The largest absolute Gasteiger partial charge is 0.308 e. The number of likely N-dealkylation sites (N-methyl/N-ethyl adjacent to an activating group) is 4. The van der Waals surface area contributed by atoms with Gasteiger partial charge in [0.2, 0.25) is 0 Å². The Hall–Kier alpha value is -1.72. The van der Waals surface area contributed by atoms with Gasteiger partial charge in [-0.05, 0) is 117 Å². The van der Waals surface area contributed by atoms with E-state index in [1.54, 1.807) is 11.1 Å². The van der Waals surface area contributed by atoms with Gasteiger partial charge in [-0.25, -0.2) is 0 Å². The predicted octanol–water partition coefficient (Wildman–Crippen LogP) is 7.46. The minimum Gasteiger partial charge on any atom is -0.308 e. The van der Waals surface area contributed by atoms with E-state index >= 15 is 0 Å². The van der Waals surface area contributed by atoms with Gasteiger partial charge >= 0.3 is 0 Å². The summed E-state index contributed by atoms with van der Waals surface area (Å²) in [6.07, 6.45) is 13.2. The molecule has 1 aliphatic carbocycles. The first-order valence-corrected chi connectivity index (χ1v) is 16.5. The van der Waals surface area contributed by atoms with Gasteiger partial charge < -0.3 is 19.6 Å². The summed E-state index contributed by atoms with van der Waals surface area (Å²) in [6, 6.07) is 14.5. The fourth-order valence-corrected chi connectivity index (χ4v) is 6.68. The number of aryl methyl sites for hydroxylation is 2. The molecule has 0 aliphatic heterocycles. The quantitative estimate of drug-likeness (QED) is 0.155. The predicted molar refractivity (Wildman–Crippen MR) is 180 cm³/mol. The molecule has 0 aromatic heterocycles. The second-order valence-corrected chi connectivity index (χ2v) is 13.7. The summed E-state index contributed by atoms with van der Waals surface area (Å²) in [6.45, 7) is 11.6. The summed E-state index contributed by atoms with van der Waals surface area (Å²) in [7, 11) is 13.2. The molecule has 3 rings (SSSR count). The molecule has 0 atom stereocenters. The van der Waals surface area contributed by atoms with Crippen LogP contribution in [0, 0.1) is 13.8 Å². The highest BCUT2D eigenvalue weighted by atomic mass is 15.2. The van der Waals surface area contributed by atoms with Gasteiger partial charge in [0, 0.05) is 31.6 Å². The first-order chi connectivity index (χ1) is 19.6. The minimum absolute atomic E-state index is 0.174. The summed E-state index contributed by atoms with van der Waals surface area (Å²) >= 11 is 0. The van der Waals surface area contributed by atoms with Gasteiger partial charge in [0.05, 0.1) is 0 Å². The lowest BCUT2D eigenvalue weighted by molar-refractivity contribution is 0.275. The summed E-state index contributed by atoms with van der Waals surface area (Å²) < 4.78 is 0. The molecule has 0 heterocycles. The highest BCUT2D eigenvalue weighted by Crippen LogP contribution is 2.54. The Morgan fingerprint density at radius 1 is 0.463 bits per heavy atom. The molecule has 2 aromatic rings. The number of hydrogen-bond donors (Lipinski definition) is 0. The Morgan fingerprint density at radius 2 is 0.854 bits per heavy atom. The summed E-state index contributed by atoms with van der Waals surface area (Å²) in [5.41, 5.74) is 9.20. The van der Waals surface area contributed by atoms with E-state index in [0.717, 1.165) is 26.2 Å². The summed E-state index contributed by atoms with van der Waals surface area (Å²) in [4.78, 5) is 9.55. The molecule has 0 unspecified atom stereocenters. The first kappa shape index (κ1) is 33.8. The molecule has 0 saturated heterocycles. The Balaban J connectivity index is 1.63. The SMILES string of the molecule is Cc1ccc2c(c1)C(CCCCCCN(C)CCN(C)C)(CCCCCCN(C)CCN(C)C)c1cc(C)ccc1-2. The van der Waals surface area contributed by atoms with E-state index in [-0.39, 0.29) is 5.41 Å². The number of unbranched alkanes of at least 4 members (excludes halogenated alkanes) is 6. The Labute approximate surface area is 254 Å². The van der Waals surface area contributed by atoms with Gasteiger partial charge in [0.1, 0.15) is 0 Å². The number of rotatable bonds is 20. The maximum atomic E-state index is 2.53. The van der Waals surface area contributed by atoms with Crippen molar-refractivity contribution in [3.63, 3.8) is 0 Å². The zero-order valence-electron chi connectivity index (χ0n) is 28.1. The van der Waals surface area contributed by atoms with Crippen molar-refractivity contribution in [1.82, 2.24) is 19.6 Å². The second-order valence-electron chi connectivity index (χ2n) is 13.7. The molecule has 41 heavy (non-hydrogen) atoms. The average molecular weight is 563 g/mol. The lowest BCUT2D eigenvalue weighted by Gasteiger charge is -2.33. The van der Waals surface area contributed by atoms with Gasteiger partial charge in [-0.1, -0.05) is 86.1 Å². The van der Waals surface area contributed by atoms with Crippen LogP contribution in [0.2, 0.25) is 0 Å². The maximum Gasteiger partial charge on any atom is 0.0215 e. The molecular formula is C37H62N4. The molecule has 0 fully saturated rings. The Morgan fingerprint density at radius 3 is 1.24 bits per heavy atom. The third-order valence-electron chi connectivity index (χ3n) is 9.32. The van der Waals surface area contributed by atoms with Crippen LogP contribution < -0.4 is 0 Å². The van der Waals surface area contributed by atoms with E-state index in [1.807, 2.05) is 0 Å². The lowest BCUT2D eigenvalue weighted by atomic mass is 9.70. The average Bonchev–Trinajstić information content (AvgIpc) is 3.18. The standard InChI is InChI=1S/C37H62N4/c1-31-17-19-33-34-20-18-32(2)30-36(34)37(35(33)29-31,21-13-9-11-15-23-40(7)27-25-38(3)4)22-14-10-12-16-24-41(8)28-26-39(5)6/h17-20,29-30H,9-16,21-28H2,1-8H3. The normalized spacial score (nSPS) is 14.0. The van der Waals surface area contributed by atoms with Crippen molar-refractivity contribution in [3.8, 4) is 11.1 Å². The molecule has 230 valence electrons. The number of hydrogen-bond acceptors (Lipinski definition) is 4. The zero-order chi connectivity index (χ0) is 29.8. The van der Waals surface area contributed by atoms with Gasteiger partial charge in [0.25, 0.3) is 0 Å². The van der Waals surface area contributed by atoms with Crippen LogP contribution >= 0.6 is 0 Å². The van der Waals surface area contributed by atoms with Gasteiger partial charge in [-0.2, -0.15) is 0 Å². The van der Waals surface area contributed by atoms with Crippen LogP contribution in [0.25, 0.3) is 11.1 Å². The van der Waals surface area contributed by atoms with Crippen LogP contribution in [-0.2, 0) is 5.41 Å². The van der Waals surface area contributed by atoms with E-state index < -0.39 is 0 Å². The lowest BCUT2D eigenvalue weighted by Crippen LogP contribution is -2.29. The van der Waals surface area contributed by atoms with Crippen molar-refractivity contribution < 1.29 is 0 Å².